The second-order valence-corrected chi connectivity index (χ2v) is 5.56. The molecule has 0 bridgehead atoms. The van der Waals surface area contributed by atoms with Gasteiger partial charge in [-0.15, -0.1) is 0 Å². The number of carbonyl (C=O) groups is 3. The fraction of sp³-hybridized carbons (Fsp3) is 0.400. The Morgan fingerprint density at radius 2 is 2.00 bits per heavy atom. The Kier molecular flexibility index (Phi) is 3.59. The Bertz CT molecular complexity index is 690. The molecule has 23 heavy (non-hydrogen) atoms. The van der Waals surface area contributed by atoms with E-state index in [1.54, 1.807) is 26.0 Å². The highest BCUT2D eigenvalue weighted by molar-refractivity contribution is 6.09. The summed E-state index contributed by atoms with van der Waals surface area (Å²) in [5.41, 5.74) is 1.59. The number of rotatable bonds is 3. The largest absolute Gasteiger partial charge is 0.486 e. The molecule has 0 radical (unpaired) electrons. The molecule has 8 nitrogen and oxygen atoms in total. The predicted octanol–water partition coefficient (Wildman–Crippen LogP) is 0.823. The van der Waals surface area contributed by atoms with Crippen molar-refractivity contribution in [1.82, 2.24) is 15.8 Å². The monoisotopic (exact) mass is 319 g/mol. The molecule has 1 aromatic rings. The van der Waals surface area contributed by atoms with Crippen LogP contribution in [0.2, 0.25) is 0 Å². The zero-order valence-electron chi connectivity index (χ0n) is 12.8. The Labute approximate surface area is 132 Å². The van der Waals surface area contributed by atoms with Crippen LogP contribution in [0.15, 0.2) is 18.2 Å². The molecule has 2 aliphatic heterocycles. The summed E-state index contributed by atoms with van der Waals surface area (Å²) in [6.07, 6.45) is 0.425. The summed E-state index contributed by atoms with van der Waals surface area (Å²) >= 11 is 0. The quantitative estimate of drug-likeness (QED) is 0.804. The topological polar surface area (TPSA) is 97.0 Å². The lowest BCUT2D eigenvalue weighted by atomic mass is 10.00. The minimum atomic E-state index is -1.00. The van der Waals surface area contributed by atoms with E-state index in [0.29, 0.717) is 36.1 Å². The van der Waals surface area contributed by atoms with Gasteiger partial charge >= 0.3 is 6.03 Å². The van der Waals surface area contributed by atoms with Crippen molar-refractivity contribution in [3.05, 3.63) is 23.8 Å². The van der Waals surface area contributed by atoms with Crippen LogP contribution in [0, 0.1) is 0 Å². The molecule has 4 amide bonds. The predicted molar refractivity (Wildman–Crippen MR) is 79.0 cm³/mol. The number of ether oxygens (including phenoxy) is 2. The number of imide groups is 1. The van der Waals surface area contributed by atoms with E-state index < -0.39 is 23.4 Å². The molecule has 0 aliphatic carbocycles. The number of hydrogen-bond acceptors (Lipinski definition) is 5. The first-order chi connectivity index (χ1) is 10.9. The summed E-state index contributed by atoms with van der Waals surface area (Å²) in [4.78, 5) is 36.4. The van der Waals surface area contributed by atoms with E-state index in [4.69, 9.17) is 9.47 Å². The van der Waals surface area contributed by atoms with Gasteiger partial charge in [0.15, 0.2) is 11.5 Å². The summed E-state index contributed by atoms with van der Waals surface area (Å²) in [5, 5.41) is 3.28. The van der Waals surface area contributed by atoms with Crippen LogP contribution in [-0.4, -0.2) is 41.6 Å². The second kappa shape index (κ2) is 5.45. The van der Waals surface area contributed by atoms with Gasteiger partial charge in [0.1, 0.15) is 18.8 Å². The Morgan fingerprint density at radius 1 is 1.30 bits per heavy atom. The number of amides is 4. The molecule has 1 fully saturated rings. The van der Waals surface area contributed by atoms with E-state index in [2.05, 4.69) is 10.7 Å². The lowest BCUT2D eigenvalue weighted by Gasteiger charge is -2.20. The van der Waals surface area contributed by atoms with Gasteiger partial charge in [0.2, 0.25) is 0 Å². The van der Waals surface area contributed by atoms with E-state index in [1.165, 1.54) is 6.07 Å². The fourth-order valence-corrected chi connectivity index (χ4v) is 2.38. The molecule has 0 spiro atoms. The average molecular weight is 319 g/mol. The van der Waals surface area contributed by atoms with Crippen molar-refractivity contribution in [3.8, 4) is 11.5 Å². The number of carbonyl (C=O) groups excluding carboxylic acids is 3. The minimum absolute atomic E-state index is 0.264. The molecule has 1 atom stereocenters. The van der Waals surface area contributed by atoms with Crippen LogP contribution in [-0.2, 0) is 4.79 Å². The number of benzene rings is 1. The molecule has 2 heterocycles. The first-order valence-corrected chi connectivity index (χ1v) is 7.32. The molecule has 3 rings (SSSR count). The molecule has 2 N–H and O–H groups in total. The van der Waals surface area contributed by atoms with Gasteiger partial charge in [-0.2, -0.15) is 5.01 Å². The fourth-order valence-electron chi connectivity index (χ4n) is 2.38. The Morgan fingerprint density at radius 3 is 2.65 bits per heavy atom. The number of hydrazine groups is 1. The SMILES string of the molecule is CC[C@]1(C)NC(=O)N(NC(=O)c2ccc3c(c2)OCCO3)C1=O. The van der Waals surface area contributed by atoms with Gasteiger partial charge in [0, 0.05) is 5.56 Å². The van der Waals surface area contributed by atoms with Gasteiger partial charge in [0.05, 0.1) is 0 Å². The number of fused-ring (bicyclic) bond motifs is 1. The van der Waals surface area contributed by atoms with Crippen molar-refractivity contribution in [2.45, 2.75) is 25.8 Å². The van der Waals surface area contributed by atoms with E-state index in [0.717, 1.165) is 0 Å². The summed E-state index contributed by atoms with van der Waals surface area (Å²) < 4.78 is 10.8. The van der Waals surface area contributed by atoms with E-state index in [9.17, 15) is 14.4 Å². The van der Waals surface area contributed by atoms with Crippen LogP contribution in [0.3, 0.4) is 0 Å². The molecule has 1 saturated heterocycles. The lowest BCUT2D eigenvalue weighted by Crippen LogP contribution is -2.48. The zero-order valence-corrected chi connectivity index (χ0v) is 12.8. The molecule has 1 aromatic carbocycles. The van der Waals surface area contributed by atoms with Gasteiger partial charge < -0.3 is 14.8 Å². The molecule has 0 unspecified atom stereocenters. The van der Waals surface area contributed by atoms with E-state index in [1.807, 2.05) is 0 Å². The number of urea groups is 1. The minimum Gasteiger partial charge on any atom is -0.486 e. The van der Waals surface area contributed by atoms with Gasteiger partial charge in [-0.05, 0) is 31.5 Å². The molecular weight excluding hydrogens is 302 g/mol. The van der Waals surface area contributed by atoms with Crippen LogP contribution >= 0.6 is 0 Å². The van der Waals surface area contributed by atoms with Gasteiger partial charge in [-0.1, -0.05) is 6.92 Å². The standard InChI is InChI=1S/C15H17N3O5/c1-3-15(2)13(20)18(14(21)16-15)17-12(19)9-4-5-10-11(8-9)23-7-6-22-10/h4-5,8H,3,6-7H2,1-2H3,(H,16,21)(H,17,19)/t15-/m0/s1. The van der Waals surface area contributed by atoms with Crippen molar-refractivity contribution in [2.24, 2.45) is 0 Å². The summed E-state index contributed by atoms with van der Waals surface area (Å²) in [5.74, 6) is -0.0532. The third-order valence-electron chi connectivity index (χ3n) is 3.99. The van der Waals surface area contributed by atoms with Crippen molar-refractivity contribution >= 4 is 17.8 Å². The van der Waals surface area contributed by atoms with Crippen LogP contribution < -0.4 is 20.2 Å². The zero-order chi connectivity index (χ0) is 16.6. The molecule has 8 heteroatoms. The summed E-state index contributed by atoms with van der Waals surface area (Å²) in [6, 6.07) is 4.03. The first-order valence-electron chi connectivity index (χ1n) is 7.32. The maximum atomic E-state index is 12.3. The van der Waals surface area contributed by atoms with Crippen LogP contribution in [0.4, 0.5) is 4.79 Å². The third-order valence-corrected chi connectivity index (χ3v) is 3.99. The molecule has 2 aliphatic rings. The molecule has 0 aromatic heterocycles. The lowest BCUT2D eigenvalue weighted by molar-refractivity contribution is -0.132. The van der Waals surface area contributed by atoms with Gasteiger partial charge in [-0.25, -0.2) is 4.79 Å². The number of nitrogens with zero attached hydrogens (tertiary/aromatic N) is 1. The van der Waals surface area contributed by atoms with E-state index in [-0.39, 0.29) is 5.56 Å². The highest BCUT2D eigenvalue weighted by Crippen LogP contribution is 2.30. The van der Waals surface area contributed by atoms with Crippen molar-refractivity contribution in [2.75, 3.05) is 13.2 Å². The summed E-state index contributed by atoms with van der Waals surface area (Å²) in [7, 11) is 0. The normalized spacial score (nSPS) is 22.8. The van der Waals surface area contributed by atoms with Gasteiger partial charge in [-0.3, -0.25) is 15.0 Å². The van der Waals surface area contributed by atoms with E-state index >= 15 is 0 Å². The average Bonchev–Trinajstić information content (AvgIpc) is 2.78. The highest BCUT2D eigenvalue weighted by Gasteiger charge is 2.47. The van der Waals surface area contributed by atoms with Crippen LogP contribution in [0.5, 0.6) is 11.5 Å². The van der Waals surface area contributed by atoms with Gasteiger partial charge in [0.25, 0.3) is 11.8 Å². The van der Waals surface area contributed by atoms with Crippen molar-refractivity contribution in [1.29, 1.82) is 0 Å². The van der Waals surface area contributed by atoms with Crippen LogP contribution in [0.25, 0.3) is 0 Å². The second-order valence-electron chi connectivity index (χ2n) is 5.56. The first kappa shape index (κ1) is 15.1. The smallest absolute Gasteiger partial charge is 0.344 e. The Balaban J connectivity index is 1.77. The Hall–Kier alpha value is -2.77. The van der Waals surface area contributed by atoms with Crippen molar-refractivity contribution < 1.29 is 23.9 Å². The van der Waals surface area contributed by atoms with Crippen LogP contribution in [0.1, 0.15) is 30.6 Å². The number of nitrogens with one attached hydrogen (secondary N) is 2. The third kappa shape index (κ3) is 2.56. The van der Waals surface area contributed by atoms with Crippen molar-refractivity contribution in [3.63, 3.8) is 0 Å². The molecule has 0 saturated carbocycles. The highest BCUT2D eigenvalue weighted by atomic mass is 16.6. The summed E-state index contributed by atoms with van der Waals surface area (Å²) in [6.45, 7) is 4.25. The maximum absolute atomic E-state index is 12.3. The molecular formula is C15H17N3O5. The number of hydrogen-bond donors (Lipinski definition) is 2. The maximum Gasteiger partial charge on any atom is 0.344 e. The molecule has 122 valence electrons.